The number of hydrogen-bond acceptors (Lipinski definition) is 4. The van der Waals surface area contributed by atoms with Crippen molar-refractivity contribution in [2.45, 2.75) is 150 Å². The lowest BCUT2D eigenvalue weighted by Crippen LogP contribution is -2.58. The van der Waals surface area contributed by atoms with Crippen LogP contribution in [0.3, 0.4) is 0 Å². The number of hydrogen-bond donors (Lipinski definition) is 2. The van der Waals surface area contributed by atoms with Gasteiger partial charge in [0.05, 0.1) is 26.2 Å². The van der Waals surface area contributed by atoms with Crippen molar-refractivity contribution in [1.29, 1.82) is 0 Å². The zero-order valence-electron chi connectivity index (χ0n) is 27.6. The molecule has 7 heteroatoms. The van der Waals surface area contributed by atoms with E-state index in [0.717, 1.165) is 19.3 Å². The molecule has 0 aliphatic heterocycles. The van der Waals surface area contributed by atoms with Crippen LogP contribution in [0.5, 0.6) is 0 Å². The molecule has 0 radical (unpaired) electrons. The molecule has 0 saturated heterocycles. The molecule has 0 bridgehead atoms. The average Bonchev–Trinajstić information content (AvgIpc) is 2.93. The molecule has 0 amide bonds. The van der Waals surface area contributed by atoms with Crippen LogP contribution in [0.25, 0.3) is 0 Å². The molecule has 0 aliphatic rings. The van der Waals surface area contributed by atoms with E-state index in [0.29, 0.717) is 6.54 Å². The number of unbranched alkanes of at least 4 members (excludes halogenated alkanes) is 17. The second-order valence-corrected chi connectivity index (χ2v) is 13.0. The lowest BCUT2D eigenvalue weighted by molar-refractivity contribution is -0.934. The molecule has 3 unspecified atom stereocenters. The standard InChI is InChI=1S/C35H65NO6/c1-5-6-7-8-9-10-11-12-13-14-15-16-17-18-19-20-21-22-23-24-25-26-36(27-30(2)33(37)38,28-31(3)34(39)40)29-32(4)35(41)42/h8-9,30-32H,5-7,10-29H2,1-4H3,(H2-,37,38,39,40,41,42)/b9-8+. The van der Waals surface area contributed by atoms with Gasteiger partial charge < -0.3 is 24.6 Å². The first-order chi connectivity index (χ1) is 20.0. The number of quaternary nitrogens is 1. The highest BCUT2D eigenvalue weighted by molar-refractivity contribution is 5.70. The lowest BCUT2D eigenvalue weighted by Gasteiger charge is -2.43. The molecule has 0 spiro atoms. The van der Waals surface area contributed by atoms with Crippen LogP contribution in [-0.4, -0.2) is 58.8 Å². The Hall–Kier alpha value is -1.89. The molecule has 0 aromatic heterocycles. The molecule has 0 aliphatic carbocycles. The second kappa shape index (κ2) is 25.6. The number of rotatable bonds is 30. The highest BCUT2D eigenvalue weighted by Gasteiger charge is 2.36. The van der Waals surface area contributed by atoms with E-state index < -0.39 is 35.7 Å². The highest BCUT2D eigenvalue weighted by Crippen LogP contribution is 2.22. The Morgan fingerprint density at radius 1 is 0.571 bits per heavy atom. The summed E-state index contributed by atoms with van der Waals surface area (Å²) in [5.41, 5.74) is 0. The molecule has 3 atom stereocenters. The van der Waals surface area contributed by atoms with Crippen molar-refractivity contribution in [2.24, 2.45) is 17.8 Å². The molecule has 42 heavy (non-hydrogen) atoms. The quantitative estimate of drug-likeness (QED) is 0.0501. The van der Waals surface area contributed by atoms with Crippen LogP contribution < -0.4 is 5.11 Å². The summed E-state index contributed by atoms with van der Waals surface area (Å²) in [5.74, 6) is -5.23. The van der Waals surface area contributed by atoms with Crippen LogP contribution in [0.4, 0.5) is 0 Å². The Bertz CT molecular complexity index is 682. The van der Waals surface area contributed by atoms with Gasteiger partial charge in [0.2, 0.25) is 0 Å². The Morgan fingerprint density at radius 3 is 1.26 bits per heavy atom. The van der Waals surface area contributed by atoms with Crippen LogP contribution in [0.15, 0.2) is 12.2 Å². The van der Waals surface area contributed by atoms with Gasteiger partial charge in [-0.2, -0.15) is 0 Å². The van der Waals surface area contributed by atoms with Crippen LogP contribution in [-0.2, 0) is 14.4 Å². The topological polar surface area (TPSA) is 115 Å². The summed E-state index contributed by atoms with van der Waals surface area (Å²) in [6.07, 6.45) is 28.4. The largest absolute Gasteiger partial charge is 0.550 e. The molecule has 0 rings (SSSR count). The van der Waals surface area contributed by atoms with Gasteiger partial charge in [0.15, 0.2) is 0 Å². The van der Waals surface area contributed by atoms with Crippen molar-refractivity contribution in [2.75, 3.05) is 26.2 Å². The zero-order chi connectivity index (χ0) is 31.6. The van der Waals surface area contributed by atoms with Gasteiger partial charge in [0.1, 0.15) is 11.8 Å². The van der Waals surface area contributed by atoms with Crippen molar-refractivity contribution in [3.05, 3.63) is 12.2 Å². The molecule has 0 aromatic rings. The van der Waals surface area contributed by atoms with Crippen LogP contribution in [0.1, 0.15) is 150 Å². The normalized spacial score (nSPS) is 15.3. The van der Waals surface area contributed by atoms with E-state index in [2.05, 4.69) is 19.1 Å². The first-order valence-electron chi connectivity index (χ1n) is 17.2. The fourth-order valence-electron chi connectivity index (χ4n) is 6.04. The summed E-state index contributed by atoms with van der Waals surface area (Å²) >= 11 is 0. The summed E-state index contributed by atoms with van der Waals surface area (Å²) in [7, 11) is 0. The molecule has 0 fully saturated rings. The molecule has 246 valence electrons. The first kappa shape index (κ1) is 40.1. The van der Waals surface area contributed by atoms with E-state index in [1.807, 2.05) is 0 Å². The number of carboxylic acid groups (broad SMARTS) is 3. The monoisotopic (exact) mass is 595 g/mol. The van der Waals surface area contributed by atoms with Crippen LogP contribution in [0.2, 0.25) is 0 Å². The van der Waals surface area contributed by atoms with Gasteiger partial charge >= 0.3 is 11.9 Å². The molecular weight excluding hydrogens is 530 g/mol. The summed E-state index contributed by atoms with van der Waals surface area (Å²) in [4.78, 5) is 34.8. The van der Waals surface area contributed by atoms with Crippen molar-refractivity contribution < 1.29 is 34.2 Å². The average molecular weight is 596 g/mol. The summed E-state index contributed by atoms with van der Waals surface area (Å²) in [5, 5.41) is 30.6. The minimum atomic E-state index is -1.18. The summed E-state index contributed by atoms with van der Waals surface area (Å²) < 4.78 is 0.187. The number of carbonyl (C=O) groups is 3. The van der Waals surface area contributed by atoms with Crippen molar-refractivity contribution >= 4 is 17.9 Å². The lowest BCUT2D eigenvalue weighted by atomic mass is 10.00. The maximum absolute atomic E-state index is 11.6. The van der Waals surface area contributed by atoms with Crippen molar-refractivity contribution in [3.8, 4) is 0 Å². The van der Waals surface area contributed by atoms with E-state index in [9.17, 15) is 29.7 Å². The Kier molecular flexibility index (Phi) is 24.4. The van der Waals surface area contributed by atoms with Gasteiger partial charge in [0.25, 0.3) is 0 Å². The first-order valence-corrected chi connectivity index (χ1v) is 17.2. The van der Waals surface area contributed by atoms with E-state index >= 15 is 0 Å². The van der Waals surface area contributed by atoms with Gasteiger partial charge in [-0.25, -0.2) is 0 Å². The summed E-state index contributed by atoms with van der Waals surface area (Å²) in [6.45, 7) is 8.25. The summed E-state index contributed by atoms with van der Waals surface area (Å²) in [6, 6.07) is 0. The maximum Gasteiger partial charge on any atom is 0.311 e. The molecule has 0 aromatic carbocycles. The fraction of sp³-hybridized carbons (Fsp3) is 0.857. The molecule has 0 saturated carbocycles. The second-order valence-electron chi connectivity index (χ2n) is 13.0. The van der Waals surface area contributed by atoms with Gasteiger partial charge in [-0.05, 0) is 46.0 Å². The highest BCUT2D eigenvalue weighted by atomic mass is 16.4. The minimum Gasteiger partial charge on any atom is -0.550 e. The number of carboxylic acids is 3. The Morgan fingerprint density at radius 2 is 0.905 bits per heavy atom. The number of allylic oxidation sites excluding steroid dienone is 2. The Labute approximate surface area is 257 Å². The predicted molar refractivity (Wildman–Crippen MR) is 170 cm³/mol. The zero-order valence-corrected chi connectivity index (χ0v) is 27.6. The molecule has 0 heterocycles. The van der Waals surface area contributed by atoms with Gasteiger partial charge in [-0.15, -0.1) is 0 Å². The van der Waals surface area contributed by atoms with Crippen molar-refractivity contribution in [3.63, 3.8) is 0 Å². The fourth-order valence-corrected chi connectivity index (χ4v) is 6.04. The third-order valence-electron chi connectivity index (χ3n) is 8.62. The third kappa shape index (κ3) is 21.8. The predicted octanol–water partition coefficient (Wildman–Crippen LogP) is 7.62. The number of nitrogens with zero attached hydrogens (tertiary/aromatic N) is 1. The van der Waals surface area contributed by atoms with Gasteiger partial charge in [0, 0.05) is 11.9 Å². The SMILES string of the molecule is CCCC/C=C/CCCCCCCCCCCCCCCCC[N+](CC(C)C(=O)[O-])(CC(C)C(=O)O)CC(C)C(=O)O. The Balaban J connectivity index is 4.17. The van der Waals surface area contributed by atoms with E-state index in [1.54, 1.807) is 20.8 Å². The van der Waals surface area contributed by atoms with E-state index in [-0.39, 0.29) is 24.1 Å². The van der Waals surface area contributed by atoms with Crippen LogP contribution >= 0.6 is 0 Å². The van der Waals surface area contributed by atoms with Gasteiger partial charge in [-0.3, -0.25) is 9.59 Å². The minimum absolute atomic E-state index is 0.187. The smallest absolute Gasteiger partial charge is 0.311 e. The van der Waals surface area contributed by atoms with Gasteiger partial charge in [-0.1, -0.05) is 116 Å². The molecule has 7 nitrogen and oxygen atoms in total. The number of carbonyl (C=O) groups excluding carboxylic acids is 1. The molecular formula is C35H65NO6. The maximum atomic E-state index is 11.6. The van der Waals surface area contributed by atoms with Crippen LogP contribution in [0, 0.1) is 17.8 Å². The molecule has 2 N–H and O–H groups in total. The van der Waals surface area contributed by atoms with E-state index in [1.165, 1.54) is 103 Å². The number of aliphatic carboxylic acids is 3. The van der Waals surface area contributed by atoms with E-state index in [4.69, 9.17) is 0 Å². The van der Waals surface area contributed by atoms with Crippen molar-refractivity contribution in [1.82, 2.24) is 0 Å². The third-order valence-corrected chi connectivity index (χ3v) is 8.62.